The molecule has 0 aliphatic rings. The first-order chi connectivity index (χ1) is 10.1. The Hall–Kier alpha value is -1.81. The zero-order valence-electron chi connectivity index (χ0n) is 12.3. The lowest BCUT2D eigenvalue weighted by molar-refractivity contribution is -0.128. The number of hydrogen-bond acceptors (Lipinski definition) is 2. The first-order valence-corrected chi connectivity index (χ1v) is 7.63. The summed E-state index contributed by atoms with van der Waals surface area (Å²) in [7, 11) is 1.81. The Labute approximate surface area is 134 Å². The van der Waals surface area contributed by atoms with E-state index in [0.29, 0.717) is 6.54 Å². The molecule has 4 heteroatoms. The van der Waals surface area contributed by atoms with Crippen LogP contribution in [0.3, 0.4) is 0 Å². The van der Waals surface area contributed by atoms with Crippen molar-refractivity contribution in [3.05, 3.63) is 64.1 Å². The first-order valence-electron chi connectivity index (χ1n) is 6.84. The number of nitrogens with zero attached hydrogens (tertiary/aromatic N) is 1. The second-order valence-electron chi connectivity index (χ2n) is 5.02. The van der Waals surface area contributed by atoms with Crippen LogP contribution in [0.4, 0.5) is 5.69 Å². The summed E-state index contributed by atoms with van der Waals surface area (Å²) in [6, 6.07) is 16.3. The van der Waals surface area contributed by atoms with Gasteiger partial charge in [-0.3, -0.25) is 4.79 Å². The van der Waals surface area contributed by atoms with E-state index < -0.39 is 0 Å². The monoisotopic (exact) mass is 346 g/mol. The van der Waals surface area contributed by atoms with Crippen LogP contribution in [0, 0.1) is 0 Å². The number of halogens is 1. The van der Waals surface area contributed by atoms with Gasteiger partial charge in [-0.15, -0.1) is 0 Å². The predicted octanol–water partition coefficient (Wildman–Crippen LogP) is 4.04. The second kappa shape index (κ2) is 7.27. The normalized spacial score (nSPS) is 10.2. The van der Waals surface area contributed by atoms with Crippen LogP contribution in [-0.4, -0.2) is 17.9 Å². The Bertz CT molecular complexity index is 628. The maximum Gasteiger partial charge on any atom is 0.219 e. The van der Waals surface area contributed by atoms with Gasteiger partial charge in [-0.1, -0.05) is 46.3 Å². The van der Waals surface area contributed by atoms with Crippen molar-refractivity contribution in [1.29, 1.82) is 0 Å². The van der Waals surface area contributed by atoms with Crippen molar-refractivity contribution in [2.24, 2.45) is 0 Å². The van der Waals surface area contributed by atoms with Crippen molar-refractivity contribution in [1.82, 2.24) is 4.90 Å². The van der Waals surface area contributed by atoms with E-state index in [9.17, 15) is 4.79 Å². The van der Waals surface area contributed by atoms with Crippen molar-refractivity contribution in [3.8, 4) is 0 Å². The highest BCUT2D eigenvalue weighted by Gasteiger charge is 2.07. The molecule has 3 nitrogen and oxygen atoms in total. The Balaban J connectivity index is 2.08. The number of benzene rings is 2. The van der Waals surface area contributed by atoms with Gasteiger partial charge in [0.1, 0.15) is 0 Å². The molecule has 2 aromatic rings. The maximum absolute atomic E-state index is 11.4. The van der Waals surface area contributed by atoms with Gasteiger partial charge in [-0.05, 0) is 29.3 Å². The summed E-state index contributed by atoms with van der Waals surface area (Å²) in [6.07, 6.45) is 0. The van der Waals surface area contributed by atoms with Crippen LogP contribution in [0.5, 0.6) is 0 Å². The van der Waals surface area contributed by atoms with Crippen LogP contribution < -0.4 is 5.32 Å². The number of rotatable bonds is 5. The van der Waals surface area contributed by atoms with Gasteiger partial charge in [0, 0.05) is 37.2 Å². The molecular formula is C17H19BrN2O. The number of anilines is 1. The van der Waals surface area contributed by atoms with Crippen LogP contribution >= 0.6 is 15.9 Å². The summed E-state index contributed by atoms with van der Waals surface area (Å²) in [5.41, 5.74) is 3.38. The van der Waals surface area contributed by atoms with Crippen molar-refractivity contribution in [2.45, 2.75) is 20.0 Å². The lowest BCUT2D eigenvalue weighted by Crippen LogP contribution is -2.23. The molecule has 1 N–H and O–H groups in total. The van der Waals surface area contributed by atoms with E-state index in [1.165, 1.54) is 5.56 Å². The van der Waals surface area contributed by atoms with Crippen LogP contribution in [0.2, 0.25) is 0 Å². The number of hydrogen-bond donors (Lipinski definition) is 1. The standard InChI is InChI=1S/C17H19BrN2O/c1-13(21)20(2)12-15-7-3-4-9-17(15)19-11-14-6-5-8-16(18)10-14/h3-10,19H,11-12H2,1-2H3. The van der Waals surface area contributed by atoms with E-state index in [2.05, 4.69) is 33.4 Å². The number of amides is 1. The Kier molecular flexibility index (Phi) is 5.39. The molecule has 0 fully saturated rings. The number of carbonyl (C=O) groups is 1. The van der Waals surface area contributed by atoms with Crippen LogP contribution in [0.25, 0.3) is 0 Å². The van der Waals surface area contributed by atoms with Gasteiger partial charge in [-0.2, -0.15) is 0 Å². The molecular weight excluding hydrogens is 328 g/mol. The molecule has 0 spiro atoms. The van der Waals surface area contributed by atoms with Crippen molar-refractivity contribution in [3.63, 3.8) is 0 Å². The van der Waals surface area contributed by atoms with E-state index in [0.717, 1.165) is 22.3 Å². The molecule has 0 atom stereocenters. The molecule has 0 saturated carbocycles. The van der Waals surface area contributed by atoms with Gasteiger partial charge in [0.05, 0.1) is 0 Å². The molecule has 1 amide bonds. The van der Waals surface area contributed by atoms with Crippen molar-refractivity contribution >= 4 is 27.5 Å². The molecule has 2 aromatic carbocycles. The topological polar surface area (TPSA) is 32.3 Å². The van der Waals surface area contributed by atoms with E-state index in [4.69, 9.17) is 0 Å². The Morgan fingerprint density at radius 1 is 1.19 bits per heavy atom. The minimum atomic E-state index is 0.0665. The zero-order valence-corrected chi connectivity index (χ0v) is 13.9. The second-order valence-corrected chi connectivity index (χ2v) is 5.93. The molecule has 0 saturated heterocycles. The van der Waals surface area contributed by atoms with Gasteiger partial charge in [0.25, 0.3) is 0 Å². The number of para-hydroxylation sites is 1. The molecule has 0 unspecified atom stereocenters. The lowest BCUT2D eigenvalue weighted by atomic mass is 10.1. The lowest BCUT2D eigenvalue weighted by Gasteiger charge is -2.18. The van der Waals surface area contributed by atoms with E-state index in [1.807, 2.05) is 43.4 Å². The number of nitrogens with one attached hydrogen (secondary N) is 1. The summed E-state index contributed by atoms with van der Waals surface area (Å²) in [5.74, 6) is 0.0665. The van der Waals surface area contributed by atoms with Crippen molar-refractivity contribution in [2.75, 3.05) is 12.4 Å². The van der Waals surface area contributed by atoms with Crippen LogP contribution in [0.1, 0.15) is 18.1 Å². The Morgan fingerprint density at radius 2 is 1.95 bits per heavy atom. The minimum Gasteiger partial charge on any atom is -0.381 e. The third kappa shape index (κ3) is 4.60. The molecule has 0 radical (unpaired) electrons. The van der Waals surface area contributed by atoms with Crippen LogP contribution in [0.15, 0.2) is 53.0 Å². The third-order valence-electron chi connectivity index (χ3n) is 3.33. The molecule has 0 heterocycles. The molecule has 21 heavy (non-hydrogen) atoms. The Morgan fingerprint density at radius 3 is 2.67 bits per heavy atom. The van der Waals surface area contributed by atoms with Gasteiger partial charge in [0.2, 0.25) is 5.91 Å². The summed E-state index contributed by atoms with van der Waals surface area (Å²) < 4.78 is 1.08. The molecule has 0 aliphatic heterocycles. The summed E-state index contributed by atoms with van der Waals surface area (Å²) in [4.78, 5) is 13.1. The maximum atomic E-state index is 11.4. The third-order valence-corrected chi connectivity index (χ3v) is 3.83. The highest BCUT2D eigenvalue weighted by molar-refractivity contribution is 9.10. The highest BCUT2D eigenvalue weighted by Crippen LogP contribution is 2.19. The summed E-state index contributed by atoms with van der Waals surface area (Å²) in [6.45, 7) is 2.94. The fourth-order valence-electron chi connectivity index (χ4n) is 2.04. The molecule has 0 aliphatic carbocycles. The first kappa shape index (κ1) is 15.6. The van der Waals surface area contributed by atoms with E-state index in [1.54, 1.807) is 11.8 Å². The highest BCUT2D eigenvalue weighted by atomic mass is 79.9. The van der Waals surface area contributed by atoms with Gasteiger partial charge in [-0.25, -0.2) is 0 Å². The molecule has 2 rings (SSSR count). The average molecular weight is 347 g/mol. The molecule has 110 valence electrons. The van der Waals surface area contributed by atoms with Gasteiger partial charge >= 0.3 is 0 Å². The largest absolute Gasteiger partial charge is 0.381 e. The van der Waals surface area contributed by atoms with E-state index in [-0.39, 0.29) is 5.91 Å². The van der Waals surface area contributed by atoms with Crippen LogP contribution in [-0.2, 0) is 17.9 Å². The minimum absolute atomic E-state index is 0.0665. The smallest absolute Gasteiger partial charge is 0.219 e. The molecule has 0 bridgehead atoms. The molecule has 0 aromatic heterocycles. The average Bonchev–Trinajstić information content (AvgIpc) is 2.46. The predicted molar refractivity (Wildman–Crippen MR) is 90.1 cm³/mol. The zero-order chi connectivity index (χ0) is 15.2. The van der Waals surface area contributed by atoms with Crippen molar-refractivity contribution < 1.29 is 4.79 Å². The van der Waals surface area contributed by atoms with Gasteiger partial charge < -0.3 is 10.2 Å². The SMILES string of the molecule is CC(=O)N(C)Cc1ccccc1NCc1cccc(Br)c1. The van der Waals surface area contributed by atoms with E-state index >= 15 is 0 Å². The number of carbonyl (C=O) groups excluding carboxylic acids is 1. The summed E-state index contributed by atoms with van der Waals surface area (Å²) >= 11 is 3.48. The summed E-state index contributed by atoms with van der Waals surface area (Å²) in [5, 5.41) is 3.44. The quantitative estimate of drug-likeness (QED) is 0.885. The fourth-order valence-corrected chi connectivity index (χ4v) is 2.49. The van der Waals surface area contributed by atoms with Gasteiger partial charge in [0.15, 0.2) is 0 Å². The fraction of sp³-hybridized carbons (Fsp3) is 0.235.